The van der Waals surface area contributed by atoms with Crippen LogP contribution in [0.2, 0.25) is 0 Å². The molecule has 0 aromatic heterocycles. The Bertz CT molecular complexity index is 1120. The van der Waals surface area contributed by atoms with Gasteiger partial charge in [0.15, 0.2) is 11.6 Å². The Hall–Kier alpha value is -3.93. The van der Waals surface area contributed by atoms with Gasteiger partial charge in [-0.3, -0.25) is 9.59 Å². The highest BCUT2D eigenvalue weighted by atomic mass is 19.1. The first-order valence-electron chi connectivity index (χ1n) is 9.46. The molecule has 1 aliphatic heterocycles. The Morgan fingerprint density at radius 2 is 0.935 bits per heavy atom. The van der Waals surface area contributed by atoms with Crippen LogP contribution in [0.1, 0.15) is 27.1 Å². The molecule has 1 aliphatic rings. The third-order valence-corrected chi connectivity index (χ3v) is 4.89. The summed E-state index contributed by atoms with van der Waals surface area (Å²) in [7, 11) is 0. The minimum atomic E-state index is -0.464. The lowest BCUT2D eigenvalue weighted by Crippen LogP contribution is -2.21. The van der Waals surface area contributed by atoms with E-state index >= 15 is 0 Å². The Morgan fingerprint density at radius 1 is 0.581 bits per heavy atom. The number of allylic oxidation sites excluding steroid dienone is 2. The molecular formula is C25H16F3NO2. The van der Waals surface area contributed by atoms with Gasteiger partial charge in [-0.2, -0.15) is 0 Å². The number of hydrogen-bond acceptors (Lipinski definition) is 3. The van der Waals surface area contributed by atoms with Crippen LogP contribution in [-0.2, 0) is 0 Å². The number of carbonyl (C=O) groups excluding carboxylic acids is 2. The van der Waals surface area contributed by atoms with Gasteiger partial charge in [-0.15, -0.1) is 0 Å². The van der Waals surface area contributed by atoms with Gasteiger partial charge < -0.3 is 4.90 Å². The molecule has 0 unspecified atom stereocenters. The van der Waals surface area contributed by atoms with E-state index in [-0.39, 0.29) is 29.1 Å². The van der Waals surface area contributed by atoms with Crippen LogP contribution in [0.15, 0.2) is 96.3 Å². The Balaban J connectivity index is 1.72. The molecule has 0 amide bonds. The van der Waals surface area contributed by atoms with Crippen molar-refractivity contribution in [1.29, 1.82) is 0 Å². The van der Waals surface area contributed by atoms with Gasteiger partial charge in [-0.1, -0.05) is 0 Å². The molecule has 0 fully saturated rings. The van der Waals surface area contributed by atoms with Gasteiger partial charge in [0.25, 0.3) is 0 Å². The van der Waals surface area contributed by atoms with E-state index in [0.717, 1.165) is 0 Å². The van der Waals surface area contributed by atoms with E-state index in [1.165, 1.54) is 72.8 Å². The van der Waals surface area contributed by atoms with Crippen molar-refractivity contribution in [2.45, 2.75) is 6.42 Å². The number of halogens is 3. The molecule has 0 radical (unpaired) electrons. The number of anilines is 1. The molecule has 3 nitrogen and oxygen atoms in total. The molecule has 0 saturated carbocycles. The highest BCUT2D eigenvalue weighted by molar-refractivity contribution is 6.14. The van der Waals surface area contributed by atoms with Crippen LogP contribution >= 0.6 is 0 Å². The van der Waals surface area contributed by atoms with Crippen LogP contribution in [0.4, 0.5) is 18.9 Å². The van der Waals surface area contributed by atoms with Gasteiger partial charge in [-0.25, -0.2) is 13.2 Å². The molecule has 0 bridgehead atoms. The number of nitrogens with zero attached hydrogens (tertiary/aromatic N) is 1. The van der Waals surface area contributed by atoms with Gasteiger partial charge >= 0.3 is 0 Å². The molecule has 0 atom stereocenters. The van der Waals surface area contributed by atoms with Crippen LogP contribution in [0, 0.1) is 17.5 Å². The number of hydrogen-bond donors (Lipinski definition) is 0. The fourth-order valence-electron chi connectivity index (χ4n) is 3.28. The molecule has 0 spiro atoms. The van der Waals surface area contributed by atoms with E-state index in [1.54, 1.807) is 17.3 Å². The first-order valence-corrected chi connectivity index (χ1v) is 9.46. The topological polar surface area (TPSA) is 37.4 Å². The molecule has 0 aliphatic carbocycles. The average molecular weight is 419 g/mol. The highest BCUT2D eigenvalue weighted by Gasteiger charge is 2.24. The quantitative estimate of drug-likeness (QED) is 0.487. The average Bonchev–Trinajstić information content (AvgIpc) is 2.79. The fraction of sp³-hybridized carbons (Fsp3) is 0.0400. The first kappa shape index (κ1) is 20.3. The van der Waals surface area contributed by atoms with Crippen LogP contribution in [-0.4, -0.2) is 11.6 Å². The van der Waals surface area contributed by atoms with Gasteiger partial charge in [0.05, 0.1) is 0 Å². The standard InChI is InChI=1S/C25H16F3NO2/c26-20-5-1-16(2-6-20)24(30)18-13-19(25(31)17-3-7-21(27)8-4-17)15-29(14-18)23-11-9-22(28)10-12-23/h1-12,14-15H,13H2. The van der Waals surface area contributed by atoms with Crippen molar-refractivity contribution in [1.82, 2.24) is 0 Å². The van der Waals surface area contributed by atoms with E-state index in [0.29, 0.717) is 16.8 Å². The molecular weight excluding hydrogens is 403 g/mol. The molecule has 4 rings (SSSR count). The second-order valence-electron chi connectivity index (χ2n) is 7.04. The zero-order valence-electron chi connectivity index (χ0n) is 16.2. The zero-order chi connectivity index (χ0) is 22.0. The smallest absolute Gasteiger partial charge is 0.190 e. The Morgan fingerprint density at radius 3 is 1.32 bits per heavy atom. The number of benzene rings is 3. The maximum absolute atomic E-state index is 13.4. The third kappa shape index (κ3) is 4.48. The summed E-state index contributed by atoms with van der Waals surface area (Å²) >= 11 is 0. The molecule has 0 saturated heterocycles. The second kappa shape index (κ2) is 8.44. The highest BCUT2D eigenvalue weighted by Crippen LogP contribution is 2.29. The second-order valence-corrected chi connectivity index (χ2v) is 7.04. The Kier molecular flexibility index (Phi) is 5.54. The predicted octanol–water partition coefficient (Wildman–Crippen LogP) is 5.85. The van der Waals surface area contributed by atoms with Gasteiger partial charge in [0.2, 0.25) is 0 Å². The van der Waals surface area contributed by atoms with Crippen LogP contribution in [0.25, 0.3) is 0 Å². The number of ketones is 2. The lowest BCUT2D eigenvalue weighted by atomic mass is 9.91. The predicted molar refractivity (Wildman–Crippen MR) is 111 cm³/mol. The summed E-state index contributed by atoms with van der Waals surface area (Å²) in [5, 5.41) is 0. The zero-order valence-corrected chi connectivity index (χ0v) is 16.2. The first-order chi connectivity index (χ1) is 14.9. The summed E-state index contributed by atoms with van der Waals surface area (Å²) in [5.41, 5.74) is 1.73. The number of rotatable bonds is 5. The van der Waals surface area contributed by atoms with Crippen molar-refractivity contribution in [3.05, 3.63) is 125 Å². The van der Waals surface area contributed by atoms with Crippen molar-refractivity contribution in [2.24, 2.45) is 0 Å². The largest absolute Gasteiger partial charge is 0.323 e. The SMILES string of the molecule is O=C(C1=CN(c2ccc(F)cc2)C=C(C(=O)c2ccc(F)cc2)C1)c1ccc(F)cc1. The lowest BCUT2D eigenvalue weighted by Gasteiger charge is -2.25. The van der Waals surface area contributed by atoms with Crippen LogP contribution < -0.4 is 4.90 Å². The van der Waals surface area contributed by atoms with E-state index in [4.69, 9.17) is 0 Å². The minimum Gasteiger partial charge on any atom is -0.323 e. The summed E-state index contributed by atoms with van der Waals surface area (Å²) in [6.45, 7) is 0. The summed E-state index contributed by atoms with van der Waals surface area (Å²) < 4.78 is 39.8. The maximum atomic E-state index is 13.4. The van der Waals surface area contributed by atoms with E-state index in [1.807, 2.05) is 0 Å². The summed E-state index contributed by atoms with van der Waals surface area (Å²) in [6.07, 6.45) is 3.19. The van der Waals surface area contributed by atoms with Gasteiger partial charge in [0.1, 0.15) is 17.5 Å². The summed E-state index contributed by atoms with van der Waals surface area (Å²) in [4.78, 5) is 27.6. The Labute approximate surface area is 176 Å². The molecule has 0 N–H and O–H groups in total. The van der Waals surface area contributed by atoms with Gasteiger partial charge in [0, 0.05) is 46.8 Å². The van der Waals surface area contributed by atoms with Crippen molar-refractivity contribution in [3.63, 3.8) is 0 Å². The summed E-state index contributed by atoms with van der Waals surface area (Å²) in [6, 6.07) is 15.8. The van der Waals surface area contributed by atoms with Crippen LogP contribution in [0.5, 0.6) is 0 Å². The number of carbonyl (C=O) groups is 2. The molecule has 3 aromatic carbocycles. The lowest BCUT2D eigenvalue weighted by molar-refractivity contribution is 0.102. The van der Waals surface area contributed by atoms with Crippen LogP contribution in [0.3, 0.4) is 0 Å². The van der Waals surface area contributed by atoms with Crippen molar-refractivity contribution in [2.75, 3.05) is 4.90 Å². The van der Waals surface area contributed by atoms with Crippen molar-refractivity contribution in [3.8, 4) is 0 Å². The van der Waals surface area contributed by atoms with E-state index in [9.17, 15) is 22.8 Å². The minimum absolute atomic E-state index is 0.0457. The fourth-order valence-corrected chi connectivity index (χ4v) is 3.28. The normalized spacial score (nSPS) is 13.5. The van der Waals surface area contributed by atoms with Gasteiger partial charge in [-0.05, 0) is 72.8 Å². The molecule has 6 heteroatoms. The van der Waals surface area contributed by atoms with Crippen molar-refractivity contribution < 1.29 is 22.8 Å². The number of Topliss-reactive ketones (excluding diaryl/α,β-unsaturated/α-hetero) is 2. The molecule has 3 aromatic rings. The molecule has 1 heterocycles. The molecule has 31 heavy (non-hydrogen) atoms. The maximum Gasteiger partial charge on any atom is 0.190 e. The molecule has 154 valence electrons. The van der Waals surface area contributed by atoms with E-state index < -0.39 is 17.5 Å². The monoisotopic (exact) mass is 419 g/mol. The summed E-state index contributed by atoms with van der Waals surface area (Å²) in [5.74, 6) is -2.06. The van der Waals surface area contributed by atoms with Crippen molar-refractivity contribution >= 4 is 17.3 Å². The third-order valence-electron chi connectivity index (χ3n) is 4.89. The van der Waals surface area contributed by atoms with E-state index in [2.05, 4.69) is 0 Å².